The number of carbonyl (C=O) groups is 2. The highest BCUT2D eigenvalue weighted by Gasteiger charge is 2.25. The zero-order valence-corrected chi connectivity index (χ0v) is 9.82. The van der Waals surface area contributed by atoms with Gasteiger partial charge < -0.3 is 10.2 Å². The van der Waals surface area contributed by atoms with Gasteiger partial charge in [-0.3, -0.25) is 9.59 Å². The second kappa shape index (κ2) is 5.07. The molecule has 1 aromatic rings. The lowest BCUT2D eigenvalue weighted by molar-refractivity contribution is -0.145. The van der Waals surface area contributed by atoms with Crippen molar-refractivity contribution >= 4 is 23.3 Å². The molecule has 16 heavy (non-hydrogen) atoms. The Balaban J connectivity index is 2.92. The van der Waals surface area contributed by atoms with Gasteiger partial charge in [0.2, 0.25) is 0 Å². The van der Waals surface area contributed by atoms with E-state index in [4.69, 9.17) is 10.2 Å². The van der Waals surface area contributed by atoms with Gasteiger partial charge in [-0.2, -0.15) is 0 Å². The van der Waals surface area contributed by atoms with Crippen molar-refractivity contribution in [3.8, 4) is 0 Å². The average molecular weight is 243 g/mol. The van der Waals surface area contributed by atoms with Crippen molar-refractivity contribution in [2.75, 3.05) is 0 Å². The first kappa shape index (κ1) is 12.6. The second-order valence-electron chi connectivity index (χ2n) is 3.75. The highest BCUT2D eigenvalue weighted by molar-refractivity contribution is 7.09. The van der Waals surface area contributed by atoms with Crippen LogP contribution >= 0.6 is 11.3 Å². The number of carboxylic acid groups (broad SMARTS) is 2. The highest BCUT2D eigenvalue weighted by Crippen LogP contribution is 2.26. The molecular formula is C10H13NO4S. The number of thiazole rings is 1. The summed E-state index contributed by atoms with van der Waals surface area (Å²) in [4.78, 5) is 25.6. The van der Waals surface area contributed by atoms with Crippen molar-refractivity contribution < 1.29 is 19.8 Å². The summed E-state index contributed by atoms with van der Waals surface area (Å²) in [6, 6.07) is 0. The minimum absolute atomic E-state index is 0.220. The molecule has 2 N–H and O–H groups in total. The van der Waals surface area contributed by atoms with E-state index in [1.54, 1.807) is 5.38 Å². The number of rotatable bonds is 5. The summed E-state index contributed by atoms with van der Waals surface area (Å²) in [6.07, 6.45) is -0.434. The van der Waals surface area contributed by atoms with E-state index in [-0.39, 0.29) is 5.92 Å². The summed E-state index contributed by atoms with van der Waals surface area (Å²) in [5.41, 5.74) is 0.337. The van der Waals surface area contributed by atoms with Crippen LogP contribution in [0.15, 0.2) is 5.38 Å². The predicted molar refractivity (Wildman–Crippen MR) is 58.8 cm³/mol. The fourth-order valence-corrected chi connectivity index (χ4v) is 2.11. The Hall–Kier alpha value is -1.43. The molecule has 0 bridgehead atoms. The molecule has 1 atom stereocenters. The third kappa shape index (κ3) is 3.03. The van der Waals surface area contributed by atoms with E-state index in [0.29, 0.717) is 5.69 Å². The van der Waals surface area contributed by atoms with Crippen LogP contribution in [0, 0.1) is 0 Å². The smallest absolute Gasteiger partial charge is 0.313 e. The molecule has 0 aromatic carbocycles. The van der Waals surface area contributed by atoms with Gasteiger partial charge in [-0.25, -0.2) is 4.98 Å². The van der Waals surface area contributed by atoms with Crippen molar-refractivity contribution in [3.63, 3.8) is 0 Å². The van der Waals surface area contributed by atoms with Gasteiger partial charge in [0.05, 0.1) is 17.1 Å². The molecule has 0 aliphatic rings. The lowest BCUT2D eigenvalue weighted by Crippen LogP contribution is -2.16. The lowest BCUT2D eigenvalue weighted by atomic mass is 10.0. The number of carboxylic acids is 2. The van der Waals surface area contributed by atoms with E-state index < -0.39 is 24.3 Å². The average Bonchev–Trinajstić information content (AvgIpc) is 2.61. The Kier molecular flexibility index (Phi) is 4.00. The fourth-order valence-electron chi connectivity index (χ4n) is 1.22. The number of nitrogens with zero attached hydrogens (tertiary/aromatic N) is 1. The monoisotopic (exact) mass is 243 g/mol. The van der Waals surface area contributed by atoms with Gasteiger partial charge in [0.25, 0.3) is 0 Å². The van der Waals surface area contributed by atoms with Crippen molar-refractivity contribution in [1.82, 2.24) is 4.98 Å². The Morgan fingerprint density at radius 2 is 2.06 bits per heavy atom. The molecule has 1 aromatic heterocycles. The molecule has 0 saturated heterocycles. The first-order chi connectivity index (χ1) is 7.41. The first-order valence-corrected chi connectivity index (χ1v) is 5.69. The number of aliphatic carboxylic acids is 2. The zero-order chi connectivity index (χ0) is 12.3. The van der Waals surface area contributed by atoms with E-state index in [1.165, 1.54) is 11.3 Å². The third-order valence-electron chi connectivity index (χ3n) is 2.07. The second-order valence-corrected chi connectivity index (χ2v) is 4.64. The summed E-state index contributed by atoms with van der Waals surface area (Å²) in [7, 11) is 0. The molecule has 0 amide bonds. The zero-order valence-electron chi connectivity index (χ0n) is 9.01. The minimum Gasteiger partial charge on any atom is -0.481 e. The Labute approximate surface area is 96.8 Å². The van der Waals surface area contributed by atoms with E-state index in [2.05, 4.69) is 4.98 Å². The van der Waals surface area contributed by atoms with Crippen LogP contribution in [-0.4, -0.2) is 27.1 Å². The van der Waals surface area contributed by atoms with Gasteiger partial charge in [-0.1, -0.05) is 13.8 Å². The maximum Gasteiger partial charge on any atom is 0.313 e. The minimum atomic E-state index is -1.15. The van der Waals surface area contributed by atoms with Gasteiger partial charge >= 0.3 is 11.9 Å². The summed E-state index contributed by atoms with van der Waals surface area (Å²) < 4.78 is 0. The molecule has 88 valence electrons. The van der Waals surface area contributed by atoms with Crippen LogP contribution in [0.5, 0.6) is 0 Å². The maximum atomic E-state index is 10.9. The van der Waals surface area contributed by atoms with Crippen LogP contribution in [0.4, 0.5) is 0 Å². The van der Waals surface area contributed by atoms with Gasteiger partial charge in [0.1, 0.15) is 5.92 Å². The first-order valence-electron chi connectivity index (χ1n) is 4.81. The molecule has 5 nitrogen and oxygen atoms in total. The number of hydrogen-bond acceptors (Lipinski definition) is 4. The Bertz CT molecular complexity index is 399. The third-order valence-corrected chi connectivity index (χ3v) is 3.23. The summed E-state index contributed by atoms with van der Waals surface area (Å²) in [5, 5.41) is 20.0. The standard InChI is InChI=1S/C10H13NO4S/c1-5(2)9-11-7(4-16-9)6(10(14)15)3-8(12)13/h4-6H,3H2,1-2H3,(H,12,13)(H,14,15). The molecule has 6 heteroatoms. The molecule has 0 aliphatic heterocycles. The Morgan fingerprint density at radius 3 is 2.44 bits per heavy atom. The van der Waals surface area contributed by atoms with Crippen LogP contribution in [-0.2, 0) is 9.59 Å². The predicted octanol–water partition coefficient (Wildman–Crippen LogP) is 1.91. The maximum absolute atomic E-state index is 10.9. The quantitative estimate of drug-likeness (QED) is 0.824. The van der Waals surface area contributed by atoms with Crippen LogP contribution in [0.2, 0.25) is 0 Å². The van der Waals surface area contributed by atoms with Gasteiger partial charge in [-0.05, 0) is 0 Å². The van der Waals surface area contributed by atoms with Crippen molar-refractivity contribution in [3.05, 3.63) is 16.1 Å². The van der Waals surface area contributed by atoms with E-state index >= 15 is 0 Å². The highest BCUT2D eigenvalue weighted by atomic mass is 32.1. The van der Waals surface area contributed by atoms with Gasteiger partial charge in [-0.15, -0.1) is 11.3 Å². The topological polar surface area (TPSA) is 87.5 Å². The molecule has 0 aliphatic carbocycles. The van der Waals surface area contributed by atoms with Crippen molar-refractivity contribution in [2.24, 2.45) is 0 Å². The molecular weight excluding hydrogens is 230 g/mol. The van der Waals surface area contributed by atoms with E-state index in [9.17, 15) is 9.59 Å². The molecule has 0 fully saturated rings. The van der Waals surface area contributed by atoms with Crippen molar-refractivity contribution in [1.29, 1.82) is 0 Å². The largest absolute Gasteiger partial charge is 0.481 e. The number of aromatic nitrogens is 1. The van der Waals surface area contributed by atoms with Crippen LogP contribution in [0.3, 0.4) is 0 Å². The van der Waals surface area contributed by atoms with Gasteiger partial charge in [0.15, 0.2) is 0 Å². The molecule has 1 heterocycles. The number of hydrogen-bond donors (Lipinski definition) is 2. The Morgan fingerprint density at radius 1 is 1.44 bits per heavy atom. The van der Waals surface area contributed by atoms with Crippen LogP contribution in [0.25, 0.3) is 0 Å². The normalized spacial score (nSPS) is 12.7. The van der Waals surface area contributed by atoms with Crippen LogP contribution < -0.4 is 0 Å². The summed E-state index contributed by atoms with van der Waals surface area (Å²) in [6.45, 7) is 3.91. The summed E-state index contributed by atoms with van der Waals surface area (Å²) >= 11 is 1.36. The molecule has 0 radical (unpaired) electrons. The van der Waals surface area contributed by atoms with Gasteiger partial charge in [0, 0.05) is 11.3 Å². The molecule has 0 spiro atoms. The van der Waals surface area contributed by atoms with E-state index in [1.807, 2.05) is 13.8 Å². The SMILES string of the molecule is CC(C)c1nc(C(CC(=O)O)C(=O)O)cs1. The van der Waals surface area contributed by atoms with Crippen LogP contribution in [0.1, 0.15) is 42.8 Å². The lowest BCUT2D eigenvalue weighted by Gasteiger charge is -2.06. The molecule has 1 unspecified atom stereocenters. The van der Waals surface area contributed by atoms with E-state index in [0.717, 1.165) is 5.01 Å². The molecule has 0 saturated carbocycles. The summed E-state index contributed by atoms with van der Waals surface area (Å²) in [5.74, 6) is -3.12. The fraction of sp³-hybridized carbons (Fsp3) is 0.500. The van der Waals surface area contributed by atoms with Crippen molar-refractivity contribution in [2.45, 2.75) is 32.1 Å². The molecule has 1 rings (SSSR count).